The Hall–Kier alpha value is -3.38. The first kappa shape index (κ1) is 16.6. The summed E-state index contributed by atoms with van der Waals surface area (Å²) in [4.78, 5) is 29.0. The lowest BCUT2D eigenvalue weighted by Crippen LogP contribution is -2.21. The minimum Gasteiger partial charge on any atom is -0.388 e. The summed E-state index contributed by atoms with van der Waals surface area (Å²) in [5.74, 6) is -1.73. The third-order valence-corrected chi connectivity index (χ3v) is 6.40. The van der Waals surface area contributed by atoms with E-state index in [0.29, 0.717) is 13.0 Å². The number of aliphatic hydroxyl groups excluding tert-OH is 1. The van der Waals surface area contributed by atoms with E-state index in [9.17, 15) is 14.7 Å². The number of imide groups is 1. The summed E-state index contributed by atoms with van der Waals surface area (Å²) in [6, 6.07) is 13.6. The molecule has 2 aromatic heterocycles. The maximum absolute atomic E-state index is 12.9. The Bertz CT molecular complexity index is 1320. The molecule has 6 heteroatoms. The van der Waals surface area contributed by atoms with Crippen LogP contribution in [-0.4, -0.2) is 26.5 Å². The number of para-hydroxylation sites is 2. The molecule has 6 rings (SSSR count). The molecule has 2 aliphatic heterocycles. The lowest BCUT2D eigenvalue weighted by molar-refractivity contribution is -0.125. The predicted molar refractivity (Wildman–Crippen MR) is 108 cm³/mol. The van der Waals surface area contributed by atoms with Crippen molar-refractivity contribution in [2.45, 2.75) is 30.9 Å². The van der Waals surface area contributed by atoms with Gasteiger partial charge in [0.15, 0.2) is 0 Å². The number of fused-ring (bicyclic) bond motifs is 1. The molecule has 3 atom stereocenters. The molecule has 0 bridgehead atoms. The van der Waals surface area contributed by atoms with Crippen LogP contribution < -0.4 is 5.32 Å². The third-order valence-electron chi connectivity index (χ3n) is 6.40. The minimum absolute atomic E-state index is 0.267. The number of aryl methyl sites for hydroxylation is 1. The SMILES string of the molecule is O=C1NC(=O)[C@@H](c2cn3c4c(cccc24)[C@H](O)CC3)[C@@H]1c1c[nH]c2ccccc12. The first-order chi connectivity index (χ1) is 14.1. The van der Waals surface area contributed by atoms with Crippen molar-refractivity contribution >= 4 is 33.6 Å². The molecule has 29 heavy (non-hydrogen) atoms. The smallest absolute Gasteiger partial charge is 0.235 e. The van der Waals surface area contributed by atoms with Crippen LogP contribution >= 0.6 is 0 Å². The molecule has 1 fully saturated rings. The number of carbonyl (C=O) groups excluding carboxylic acids is 2. The number of aromatic amines is 1. The topological polar surface area (TPSA) is 87.1 Å². The van der Waals surface area contributed by atoms with Crippen LogP contribution in [0, 0.1) is 0 Å². The fraction of sp³-hybridized carbons (Fsp3) is 0.217. The van der Waals surface area contributed by atoms with Gasteiger partial charge in [0.25, 0.3) is 0 Å². The van der Waals surface area contributed by atoms with E-state index in [1.807, 2.05) is 54.9 Å². The molecule has 1 saturated heterocycles. The van der Waals surface area contributed by atoms with Crippen LogP contribution in [0.1, 0.15) is 41.1 Å². The van der Waals surface area contributed by atoms with E-state index in [-0.39, 0.29) is 11.8 Å². The number of amides is 2. The van der Waals surface area contributed by atoms with E-state index in [4.69, 9.17) is 0 Å². The second kappa shape index (κ2) is 5.81. The number of hydrogen-bond acceptors (Lipinski definition) is 3. The van der Waals surface area contributed by atoms with E-state index >= 15 is 0 Å². The van der Waals surface area contributed by atoms with Gasteiger partial charge in [-0.05, 0) is 23.6 Å². The lowest BCUT2D eigenvalue weighted by atomic mass is 9.82. The normalized spacial score (nSPS) is 23.8. The molecule has 0 spiro atoms. The van der Waals surface area contributed by atoms with Gasteiger partial charge in [-0.25, -0.2) is 0 Å². The number of aliphatic hydroxyl groups is 1. The van der Waals surface area contributed by atoms with E-state index < -0.39 is 17.9 Å². The van der Waals surface area contributed by atoms with Gasteiger partial charge < -0.3 is 14.7 Å². The molecule has 2 amide bonds. The molecular weight excluding hydrogens is 366 g/mol. The number of nitrogens with zero attached hydrogens (tertiary/aromatic N) is 1. The Morgan fingerprint density at radius 2 is 1.66 bits per heavy atom. The van der Waals surface area contributed by atoms with Gasteiger partial charge in [-0.1, -0.05) is 36.4 Å². The maximum atomic E-state index is 12.9. The van der Waals surface area contributed by atoms with Gasteiger partial charge >= 0.3 is 0 Å². The van der Waals surface area contributed by atoms with Crippen LogP contribution in [0.4, 0.5) is 0 Å². The van der Waals surface area contributed by atoms with E-state index in [0.717, 1.165) is 38.5 Å². The van der Waals surface area contributed by atoms with Crippen molar-refractivity contribution in [2.75, 3.05) is 0 Å². The first-order valence-corrected chi connectivity index (χ1v) is 9.84. The van der Waals surface area contributed by atoms with Crippen molar-refractivity contribution in [2.24, 2.45) is 0 Å². The summed E-state index contributed by atoms with van der Waals surface area (Å²) < 4.78 is 2.11. The third kappa shape index (κ3) is 2.20. The summed E-state index contributed by atoms with van der Waals surface area (Å²) in [7, 11) is 0. The van der Waals surface area contributed by atoms with Crippen LogP contribution in [0.15, 0.2) is 54.9 Å². The molecular formula is C23H19N3O3. The number of carbonyl (C=O) groups is 2. The number of nitrogens with one attached hydrogen (secondary N) is 2. The average Bonchev–Trinajstić information content (AvgIpc) is 3.38. The quantitative estimate of drug-likeness (QED) is 0.464. The zero-order valence-electron chi connectivity index (χ0n) is 15.6. The lowest BCUT2D eigenvalue weighted by Gasteiger charge is -2.20. The van der Waals surface area contributed by atoms with Crippen LogP contribution in [0.5, 0.6) is 0 Å². The molecule has 0 unspecified atom stereocenters. The molecule has 3 N–H and O–H groups in total. The van der Waals surface area contributed by atoms with Crippen molar-refractivity contribution in [1.82, 2.24) is 14.9 Å². The number of hydrogen-bond donors (Lipinski definition) is 3. The summed E-state index contributed by atoms with van der Waals surface area (Å²) in [6.45, 7) is 0.689. The summed E-state index contributed by atoms with van der Waals surface area (Å²) in [5, 5.41) is 14.8. The van der Waals surface area contributed by atoms with Gasteiger partial charge in [0.2, 0.25) is 11.8 Å². The van der Waals surface area contributed by atoms with Crippen LogP contribution in [0.25, 0.3) is 21.8 Å². The van der Waals surface area contributed by atoms with Crippen molar-refractivity contribution < 1.29 is 14.7 Å². The van der Waals surface area contributed by atoms with Gasteiger partial charge in [-0.15, -0.1) is 0 Å². The monoisotopic (exact) mass is 385 g/mol. The Morgan fingerprint density at radius 1 is 0.897 bits per heavy atom. The Kier molecular flexibility index (Phi) is 3.32. The number of aromatic nitrogens is 2. The van der Waals surface area contributed by atoms with Gasteiger partial charge in [-0.3, -0.25) is 14.9 Å². The fourth-order valence-corrected chi connectivity index (χ4v) is 5.10. The van der Waals surface area contributed by atoms with Gasteiger partial charge in [0.05, 0.1) is 23.5 Å². The largest absolute Gasteiger partial charge is 0.388 e. The maximum Gasteiger partial charge on any atom is 0.235 e. The highest BCUT2D eigenvalue weighted by Gasteiger charge is 2.46. The van der Waals surface area contributed by atoms with Crippen LogP contribution in [0.3, 0.4) is 0 Å². The molecule has 0 saturated carbocycles. The zero-order chi connectivity index (χ0) is 19.7. The number of benzene rings is 2. The molecule has 6 nitrogen and oxygen atoms in total. The highest BCUT2D eigenvalue weighted by Crippen LogP contribution is 2.45. The fourth-order valence-electron chi connectivity index (χ4n) is 5.10. The minimum atomic E-state index is -0.601. The number of H-pyrrole nitrogens is 1. The Balaban J connectivity index is 1.58. The van der Waals surface area contributed by atoms with Gasteiger partial charge in [0, 0.05) is 40.8 Å². The molecule has 2 aliphatic rings. The van der Waals surface area contributed by atoms with Crippen molar-refractivity contribution in [3.8, 4) is 0 Å². The van der Waals surface area contributed by atoms with E-state index in [2.05, 4.69) is 14.9 Å². The average molecular weight is 385 g/mol. The van der Waals surface area contributed by atoms with Crippen LogP contribution in [-0.2, 0) is 16.1 Å². The molecule has 0 radical (unpaired) electrons. The van der Waals surface area contributed by atoms with Crippen molar-refractivity contribution in [3.05, 3.63) is 71.5 Å². The highest BCUT2D eigenvalue weighted by atomic mass is 16.3. The second-order valence-corrected chi connectivity index (χ2v) is 7.92. The summed E-state index contributed by atoms with van der Waals surface area (Å²) >= 11 is 0. The second-order valence-electron chi connectivity index (χ2n) is 7.92. The molecule has 2 aromatic carbocycles. The van der Waals surface area contributed by atoms with Crippen molar-refractivity contribution in [1.29, 1.82) is 0 Å². The van der Waals surface area contributed by atoms with Gasteiger partial charge in [0.1, 0.15) is 0 Å². The highest BCUT2D eigenvalue weighted by molar-refractivity contribution is 6.13. The van der Waals surface area contributed by atoms with Gasteiger partial charge in [-0.2, -0.15) is 0 Å². The summed E-state index contributed by atoms with van der Waals surface area (Å²) in [5.41, 5.74) is 4.47. The molecule has 4 aromatic rings. The first-order valence-electron chi connectivity index (χ1n) is 9.84. The van der Waals surface area contributed by atoms with Crippen molar-refractivity contribution in [3.63, 3.8) is 0 Å². The van der Waals surface area contributed by atoms with E-state index in [1.54, 1.807) is 0 Å². The zero-order valence-corrected chi connectivity index (χ0v) is 15.6. The predicted octanol–water partition coefficient (Wildman–Crippen LogP) is 3.08. The Labute approximate surface area is 166 Å². The Morgan fingerprint density at radius 3 is 2.52 bits per heavy atom. The molecule has 0 aliphatic carbocycles. The number of rotatable bonds is 2. The van der Waals surface area contributed by atoms with Crippen LogP contribution in [0.2, 0.25) is 0 Å². The standard InChI is InChI=1S/C23H19N3O3/c27-18-8-9-26-11-16(13-5-3-6-14(18)21(13)26)20-19(22(28)25-23(20)29)15-10-24-17-7-2-1-4-12(15)17/h1-7,10-11,18-20,24,27H,8-9H2,(H,25,28,29)/t18-,19+,20+/m1/s1. The molecule has 144 valence electrons. The molecule has 4 heterocycles. The van der Waals surface area contributed by atoms with E-state index in [1.165, 1.54) is 0 Å². The summed E-state index contributed by atoms with van der Waals surface area (Å²) in [6.07, 6.45) is 3.97.